The number of benzene rings is 3. The molecule has 4 aromatic rings. The first-order chi connectivity index (χ1) is 14.7. The Labute approximate surface area is 173 Å². The minimum Gasteiger partial charge on any atom is -0.457 e. The van der Waals surface area contributed by atoms with E-state index in [2.05, 4.69) is 10.3 Å². The molecular weight excluding hydrogens is 383 g/mol. The second kappa shape index (κ2) is 9.05. The van der Waals surface area contributed by atoms with Crippen molar-refractivity contribution in [1.82, 2.24) is 10.3 Å². The van der Waals surface area contributed by atoms with Gasteiger partial charge in [-0.2, -0.15) is 0 Å². The van der Waals surface area contributed by atoms with Gasteiger partial charge in [0.25, 0.3) is 0 Å². The normalized spacial score (nSPS) is 10.6. The average Bonchev–Trinajstić information content (AvgIpc) is 3.24. The fourth-order valence-electron chi connectivity index (χ4n) is 2.84. The lowest BCUT2D eigenvalue weighted by Gasteiger charge is -2.08. The number of hydrogen-bond donors (Lipinski definition) is 1. The van der Waals surface area contributed by atoms with Crippen molar-refractivity contribution < 1.29 is 18.3 Å². The van der Waals surface area contributed by atoms with E-state index in [4.69, 9.17) is 9.15 Å². The lowest BCUT2D eigenvalue weighted by atomic mass is 10.2. The summed E-state index contributed by atoms with van der Waals surface area (Å²) in [5.74, 6) is 1.23. The van der Waals surface area contributed by atoms with Crippen LogP contribution in [0.25, 0.3) is 11.5 Å². The summed E-state index contributed by atoms with van der Waals surface area (Å²) >= 11 is 0. The molecule has 0 atom stereocenters. The molecule has 3 aromatic carbocycles. The molecule has 30 heavy (non-hydrogen) atoms. The Morgan fingerprint density at radius 3 is 2.30 bits per heavy atom. The third kappa shape index (κ3) is 5.11. The lowest BCUT2D eigenvalue weighted by molar-refractivity contribution is -0.120. The maximum absolute atomic E-state index is 12.9. The van der Waals surface area contributed by atoms with Crippen LogP contribution < -0.4 is 10.1 Å². The van der Waals surface area contributed by atoms with Gasteiger partial charge in [-0.15, -0.1) is 0 Å². The molecule has 0 bridgehead atoms. The molecule has 6 heteroatoms. The van der Waals surface area contributed by atoms with Crippen molar-refractivity contribution in [3.63, 3.8) is 0 Å². The van der Waals surface area contributed by atoms with Gasteiger partial charge in [0.2, 0.25) is 11.8 Å². The first kappa shape index (κ1) is 19.4. The van der Waals surface area contributed by atoms with Gasteiger partial charge < -0.3 is 14.5 Å². The quantitative estimate of drug-likeness (QED) is 0.465. The fraction of sp³-hybridized carbons (Fsp3) is 0.0833. The molecule has 0 aliphatic rings. The Morgan fingerprint density at radius 1 is 0.933 bits per heavy atom. The highest BCUT2D eigenvalue weighted by molar-refractivity contribution is 5.78. The van der Waals surface area contributed by atoms with Gasteiger partial charge in [-0.3, -0.25) is 4.79 Å². The fourth-order valence-corrected chi connectivity index (χ4v) is 2.84. The predicted octanol–water partition coefficient (Wildman–Crippen LogP) is 5.13. The maximum atomic E-state index is 12.9. The van der Waals surface area contributed by atoms with E-state index in [1.807, 2.05) is 42.5 Å². The van der Waals surface area contributed by atoms with Crippen LogP contribution in [0.4, 0.5) is 4.39 Å². The van der Waals surface area contributed by atoms with Gasteiger partial charge in [0.15, 0.2) is 0 Å². The molecule has 5 nitrogen and oxygen atoms in total. The molecule has 0 saturated heterocycles. The number of nitrogens with one attached hydrogen (secondary N) is 1. The van der Waals surface area contributed by atoms with Gasteiger partial charge >= 0.3 is 0 Å². The van der Waals surface area contributed by atoms with Crippen molar-refractivity contribution >= 4 is 5.91 Å². The molecular formula is C24H19FN2O3. The van der Waals surface area contributed by atoms with Crippen molar-refractivity contribution in [2.45, 2.75) is 13.0 Å². The number of nitrogens with zero attached hydrogens (tertiary/aromatic N) is 1. The van der Waals surface area contributed by atoms with Crippen LogP contribution in [-0.4, -0.2) is 10.9 Å². The Morgan fingerprint density at radius 2 is 1.60 bits per heavy atom. The third-order valence-electron chi connectivity index (χ3n) is 4.38. The molecule has 1 amide bonds. The van der Waals surface area contributed by atoms with E-state index in [0.29, 0.717) is 29.6 Å². The lowest BCUT2D eigenvalue weighted by Crippen LogP contribution is -2.24. The standard InChI is InChI=1S/C24H19FN2O3/c25-19-8-12-22(13-9-19)30-21-10-6-17(7-11-21)15-26-23(28)14-20-16-29-24(27-20)18-4-2-1-3-5-18/h1-13,16H,14-15H2,(H,26,28). The van der Waals surface area contributed by atoms with E-state index in [1.54, 1.807) is 24.3 Å². The number of carbonyl (C=O) groups is 1. The summed E-state index contributed by atoms with van der Waals surface area (Å²) in [6.45, 7) is 0.388. The average molecular weight is 402 g/mol. The van der Waals surface area contributed by atoms with Crippen molar-refractivity contribution in [2.75, 3.05) is 0 Å². The zero-order chi connectivity index (χ0) is 20.8. The minimum atomic E-state index is -0.310. The van der Waals surface area contributed by atoms with E-state index >= 15 is 0 Å². The monoisotopic (exact) mass is 402 g/mol. The van der Waals surface area contributed by atoms with Gasteiger partial charge in [-0.1, -0.05) is 30.3 Å². The maximum Gasteiger partial charge on any atom is 0.226 e. The number of aromatic nitrogens is 1. The number of ether oxygens (including phenoxy) is 1. The van der Waals surface area contributed by atoms with Crippen LogP contribution >= 0.6 is 0 Å². The SMILES string of the molecule is O=C(Cc1coc(-c2ccccc2)n1)NCc1ccc(Oc2ccc(F)cc2)cc1. The van der Waals surface area contributed by atoms with Crippen molar-refractivity contribution in [3.8, 4) is 23.0 Å². The summed E-state index contributed by atoms with van der Waals surface area (Å²) in [7, 11) is 0. The number of carbonyl (C=O) groups excluding carboxylic acids is 1. The number of halogens is 1. The Hall–Kier alpha value is -3.93. The van der Waals surface area contributed by atoms with Crippen LogP contribution in [-0.2, 0) is 17.8 Å². The molecule has 1 N–H and O–H groups in total. The molecule has 0 fully saturated rings. The molecule has 0 aliphatic heterocycles. The summed E-state index contributed by atoms with van der Waals surface area (Å²) < 4.78 is 24.1. The van der Waals surface area contributed by atoms with Crippen LogP contribution in [0.3, 0.4) is 0 Å². The van der Waals surface area contributed by atoms with Crippen LogP contribution in [0.1, 0.15) is 11.3 Å². The van der Waals surface area contributed by atoms with Gasteiger partial charge in [-0.05, 0) is 54.1 Å². The first-order valence-corrected chi connectivity index (χ1v) is 9.44. The highest BCUT2D eigenvalue weighted by Crippen LogP contribution is 2.22. The highest BCUT2D eigenvalue weighted by atomic mass is 19.1. The Balaban J connectivity index is 1.28. The van der Waals surface area contributed by atoms with Gasteiger partial charge in [0, 0.05) is 12.1 Å². The number of amides is 1. The second-order valence-corrected chi connectivity index (χ2v) is 6.66. The molecule has 1 heterocycles. The van der Waals surface area contributed by atoms with E-state index in [1.165, 1.54) is 18.4 Å². The summed E-state index contributed by atoms with van der Waals surface area (Å²) in [6.07, 6.45) is 1.64. The predicted molar refractivity (Wildman–Crippen MR) is 110 cm³/mol. The van der Waals surface area contributed by atoms with Gasteiger partial charge in [-0.25, -0.2) is 9.37 Å². The third-order valence-corrected chi connectivity index (χ3v) is 4.38. The summed E-state index contributed by atoms with van der Waals surface area (Å²) in [5, 5.41) is 2.87. The Kier molecular flexibility index (Phi) is 5.85. The first-order valence-electron chi connectivity index (χ1n) is 9.44. The van der Waals surface area contributed by atoms with E-state index in [0.717, 1.165) is 11.1 Å². The molecule has 4 rings (SSSR count). The minimum absolute atomic E-state index is 0.141. The summed E-state index contributed by atoms with van der Waals surface area (Å²) in [6, 6.07) is 22.7. The summed E-state index contributed by atoms with van der Waals surface area (Å²) in [4.78, 5) is 16.6. The van der Waals surface area contributed by atoms with Gasteiger partial charge in [0.1, 0.15) is 23.6 Å². The number of rotatable bonds is 7. The smallest absolute Gasteiger partial charge is 0.226 e. The topological polar surface area (TPSA) is 64.4 Å². The molecule has 1 aromatic heterocycles. The van der Waals surface area contributed by atoms with Crippen LogP contribution in [0.15, 0.2) is 89.5 Å². The molecule has 0 radical (unpaired) electrons. The highest BCUT2D eigenvalue weighted by Gasteiger charge is 2.10. The zero-order valence-electron chi connectivity index (χ0n) is 16.0. The number of oxazole rings is 1. The number of hydrogen-bond acceptors (Lipinski definition) is 4. The van der Waals surface area contributed by atoms with E-state index in [-0.39, 0.29) is 18.1 Å². The van der Waals surface area contributed by atoms with E-state index in [9.17, 15) is 9.18 Å². The van der Waals surface area contributed by atoms with Crippen LogP contribution in [0.5, 0.6) is 11.5 Å². The van der Waals surface area contributed by atoms with E-state index < -0.39 is 0 Å². The Bertz CT molecular complexity index is 1110. The van der Waals surface area contributed by atoms with Crippen molar-refractivity contribution in [1.29, 1.82) is 0 Å². The molecule has 0 saturated carbocycles. The van der Waals surface area contributed by atoms with Gasteiger partial charge in [0.05, 0.1) is 12.1 Å². The van der Waals surface area contributed by atoms with Crippen molar-refractivity contribution in [3.05, 3.63) is 102 Å². The second-order valence-electron chi connectivity index (χ2n) is 6.66. The summed E-state index contributed by atoms with van der Waals surface area (Å²) in [5.41, 5.74) is 2.38. The molecule has 0 aliphatic carbocycles. The van der Waals surface area contributed by atoms with Crippen molar-refractivity contribution in [2.24, 2.45) is 0 Å². The van der Waals surface area contributed by atoms with Crippen LogP contribution in [0.2, 0.25) is 0 Å². The zero-order valence-corrected chi connectivity index (χ0v) is 16.0. The molecule has 0 unspecified atom stereocenters. The molecule has 0 spiro atoms. The largest absolute Gasteiger partial charge is 0.457 e. The molecule has 150 valence electrons. The van der Waals surface area contributed by atoms with Crippen LogP contribution in [0, 0.1) is 5.82 Å².